The summed E-state index contributed by atoms with van der Waals surface area (Å²) < 4.78 is 26.6. The summed E-state index contributed by atoms with van der Waals surface area (Å²) in [6.07, 6.45) is 0. The zero-order chi connectivity index (χ0) is 14.9. The van der Waals surface area contributed by atoms with Crippen LogP contribution < -0.4 is 10.5 Å². The van der Waals surface area contributed by atoms with Crippen molar-refractivity contribution >= 4 is 37.9 Å². The minimum atomic E-state index is -4.12. The van der Waals surface area contributed by atoms with Crippen molar-refractivity contribution in [1.82, 2.24) is 4.98 Å². The van der Waals surface area contributed by atoms with Gasteiger partial charge in [0.1, 0.15) is 5.69 Å². The second-order valence-corrected chi connectivity index (χ2v) is 6.36. The second kappa shape index (κ2) is 5.06. The molecule has 0 amide bonds. The van der Waals surface area contributed by atoms with Crippen molar-refractivity contribution in [3.63, 3.8) is 0 Å². The van der Waals surface area contributed by atoms with Crippen molar-refractivity contribution in [1.29, 1.82) is 0 Å². The number of benzene rings is 1. The monoisotopic (exact) mass is 314 g/mol. The van der Waals surface area contributed by atoms with Crippen LogP contribution in [0.1, 0.15) is 5.69 Å². The molecule has 8 nitrogen and oxygen atoms in total. The average molecular weight is 314 g/mol. The highest BCUT2D eigenvalue weighted by Gasteiger charge is 2.28. The summed E-state index contributed by atoms with van der Waals surface area (Å²) in [5.41, 5.74) is 5.26. The van der Waals surface area contributed by atoms with Gasteiger partial charge in [0.15, 0.2) is 10.0 Å². The molecule has 106 valence electrons. The van der Waals surface area contributed by atoms with Gasteiger partial charge in [0.05, 0.1) is 10.6 Å². The van der Waals surface area contributed by atoms with Crippen LogP contribution in [-0.4, -0.2) is 18.3 Å². The molecule has 0 saturated heterocycles. The van der Waals surface area contributed by atoms with Crippen LogP contribution in [0.3, 0.4) is 0 Å². The number of hydrogen-bond donors (Lipinski definition) is 2. The Morgan fingerprint density at radius 1 is 1.45 bits per heavy atom. The lowest BCUT2D eigenvalue weighted by Gasteiger charge is -2.07. The highest BCUT2D eigenvalue weighted by atomic mass is 32.2. The third-order valence-corrected chi connectivity index (χ3v) is 4.72. The van der Waals surface area contributed by atoms with Crippen LogP contribution in [0.15, 0.2) is 28.5 Å². The summed E-state index contributed by atoms with van der Waals surface area (Å²) in [5.74, 6) is 0. The van der Waals surface area contributed by atoms with Crippen molar-refractivity contribution in [3.8, 4) is 0 Å². The Morgan fingerprint density at radius 3 is 2.70 bits per heavy atom. The Morgan fingerprint density at radius 2 is 2.15 bits per heavy atom. The number of sulfonamides is 1. The van der Waals surface area contributed by atoms with E-state index < -0.39 is 25.5 Å². The molecular formula is C10H10N4O4S2. The molecule has 1 heterocycles. The smallest absolute Gasteiger partial charge is 0.312 e. The molecule has 1 aromatic heterocycles. The molecule has 0 unspecified atom stereocenters. The van der Waals surface area contributed by atoms with Gasteiger partial charge in [0, 0.05) is 5.38 Å². The van der Waals surface area contributed by atoms with Gasteiger partial charge in [0.2, 0.25) is 0 Å². The Labute approximate surface area is 118 Å². The number of anilines is 2. The Bertz CT molecular complexity index is 769. The van der Waals surface area contributed by atoms with Gasteiger partial charge in [-0.15, -0.1) is 11.3 Å². The van der Waals surface area contributed by atoms with E-state index in [1.54, 1.807) is 12.3 Å². The number of rotatable bonds is 4. The lowest BCUT2D eigenvalue weighted by atomic mass is 10.3. The van der Waals surface area contributed by atoms with Gasteiger partial charge in [-0.1, -0.05) is 6.07 Å². The number of thiazole rings is 1. The fourth-order valence-electron chi connectivity index (χ4n) is 1.52. The SMILES string of the molecule is Cc1csc(NS(=O)(=O)c2cccc(N)c2[N+](=O)[O-])n1. The number of hydrogen-bond acceptors (Lipinski definition) is 7. The summed E-state index contributed by atoms with van der Waals surface area (Å²) >= 11 is 1.09. The molecule has 0 bridgehead atoms. The van der Waals surface area contributed by atoms with Crippen molar-refractivity contribution in [2.24, 2.45) is 0 Å². The predicted molar refractivity (Wildman–Crippen MR) is 75.2 cm³/mol. The molecule has 2 aromatic rings. The van der Waals surface area contributed by atoms with Gasteiger partial charge in [-0.05, 0) is 19.1 Å². The Balaban J connectivity index is 2.50. The summed E-state index contributed by atoms with van der Waals surface area (Å²) in [6.45, 7) is 1.71. The van der Waals surface area contributed by atoms with E-state index in [-0.39, 0.29) is 10.8 Å². The summed E-state index contributed by atoms with van der Waals surface area (Å²) in [7, 11) is -4.12. The molecular weight excluding hydrogens is 304 g/mol. The second-order valence-electron chi connectivity index (χ2n) is 3.85. The highest BCUT2D eigenvalue weighted by Crippen LogP contribution is 2.31. The van der Waals surface area contributed by atoms with Crippen LogP contribution in [0.5, 0.6) is 0 Å². The molecule has 0 aliphatic heterocycles. The number of para-hydroxylation sites is 1. The first-order valence-electron chi connectivity index (χ1n) is 5.29. The van der Waals surface area contributed by atoms with Crippen molar-refractivity contribution in [3.05, 3.63) is 39.4 Å². The van der Waals surface area contributed by atoms with E-state index in [4.69, 9.17) is 5.73 Å². The van der Waals surface area contributed by atoms with Gasteiger partial charge in [-0.25, -0.2) is 13.4 Å². The fourth-order valence-corrected chi connectivity index (χ4v) is 3.67. The predicted octanol–water partition coefficient (Wildman–Crippen LogP) is 1.74. The van der Waals surface area contributed by atoms with Gasteiger partial charge >= 0.3 is 5.69 Å². The number of nitro groups is 1. The molecule has 0 spiro atoms. The van der Waals surface area contributed by atoms with E-state index in [1.807, 2.05) is 0 Å². The quantitative estimate of drug-likeness (QED) is 0.502. The van der Waals surface area contributed by atoms with Gasteiger partial charge in [0.25, 0.3) is 10.0 Å². The molecule has 3 N–H and O–H groups in total. The molecule has 0 fully saturated rings. The third kappa shape index (κ3) is 2.70. The molecule has 2 rings (SSSR count). The molecule has 0 aliphatic rings. The van der Waals surface area contributed by atoms with E-state index in [1.165, 1.54) is 12.1 Å². The van der Waals surface area contributed by atoms with E-state index in [0.717, 1.165) is 17.4 Å². The lowest BCUT2D eigenvalue weighted by molar-refractivity contribution is -0.386. The van der Waals surface area contributed by atoms with Crippen molar-refractivity contribution < 1.29 is 13.3 Å². The van der Waals surface area contributed by atoms with E-state index >= 15 is 0 Å². The Hall–Kier alpha value is -2.20. The number of nitrogens with two attached hydrogens (primary N) is 1. The molecule has 0 atom stereocenters. The van der Waals surface area contributed by atoms with Crippen molar-refractivity contribution in [2.75, 3.05) is 10.5 Å². The van der Waals surface area contributed by atoms with Crippen LogP contribution in [0.25, 0.3) is 0 Å². The molecule has 0 aliphatic carbocycles. The minimum Gasteiger partial charge on any atom is -0.393 e. The van der Waals surface area contributed by atoms with E-state index in [9.17, 15) is 18.5 Å². The maximum Gasteiger partial charge on any atom is 0.312 e. The number of aryl methyl sites for hydroxylation is 1. The molecule has 0 radical (unpaired) electrons. The standard InChI is InChI=1S/C10H10N4O4S2/c1-6-5-19-10(12-6)13-20(17,18)8-4-2-3-7(11)9(8)14(15)16/h2-5H,11H2,1H3,(H,12,13). The molecule has 1 aromatic carbocycles. The molecule has 0 saturated carbocycles. The largest absolute Gasteiger partial charge is 0.393 e. The topological polar surface area (TPSA) is 128 Å². The maximum absolute atomic E-state index is 12.2. The fraction of sp³-hybridized carbons (Fsp3) is 0.100. The average Bonchev–Trinajstić information content (AvgIpc) is 2.73. The van der Waals surface area contributed by atoms with Crippen molar-refractivity contribution in [2.45, 2.75) is 11.8 Å². The third-order valence-electron chi connectivity index (χ3n) is 2.34. The number of aromatic nitrogens is 1. The summed E-state index contributed by atoms with van der Waals surface area (Å²) in [4.78, 5) is 13.6. The van der Waals surface area contributed by atoms with E-state index in [0.29, 0.717) is 5.69 Å². The first-order chi connectivity index (χ1) is 9.31. The molecule has 20 heavy (non-hydrogen) atoms. The van der Waals surface area contributed by atoms with Gasteiger partial charge < -0.3 is 5.73 Å². The number of nitrogens with zero attached hydrogens (tertiary/aromatic N) is 2. The zero-order valence-corrected chi connectivity index (χ0v) is 11.9. The zero-order valence-electron chi connectivity index (χ0n) is 10.2. The minimum absolute atomic E-state index is 0.138. The number of nitrogens with one attached hydrogen (secondary N) is 1. The first-order valence-corrected chi connectivity index (χ1v) is 7.65. The number of nitrogen functional groups attached to an aromatic ring is 1. The lowest BCUT2D eigenvalue weighted by Crippen LogP contribution is -2.15. The normalized spacial score (nSPS) is 11.2. The van der Waals surface area contributed by atoms with Crippen LogP contribution in [0, 0.1) is 17.0 Å². The Kier molecular flexibility index (Phi) is 3.59. The summed E-state index contributed by atoms with van der Waals surface area (Å²) in [6, 6.07) is 3.73. The van der Waals surface area contributed by atoms with Gasteiger partial charge in [-0.3, -0.25) is 14.8 Å². The van der Waals surface area contributed by atoms with Crippen LogP contribution in [0.2, 0.25) is 0 Å². The summed E-state index contributed by atoms with van der Waals surface area (Å²) in [5, 5.41) is 12.8. The number of nitro benzene ring substituents is 1. The van der Waals surface area contributed by atoms with E-state index in [2.05, 4.69) is 9.71 Å². The van der Waals surface area contributed by atoms with Crippen LogP contribution in [-0.2, 0) is 10.0 Å². The first kappa shape index (κ1) is 14.2. The van der Waals surface area contributed by atoms with Crippen LogP contribution >= 0.6 is 11.3 Å². The molecule has 10 heteroatoms. The highest BCUT2D eigenvalue weighted by molar-refractivity contribution is 7.93. The maximum atomic E-state index is 12.2. The van der Waals surface area contributed by atoms with Gasteiger partial charge in [-0.2, -0.15) is 0 Å². The van der Waals surface area contributed by atoms with Crippen LogP contribution in [0.4, 0.5) is 16.5 Å².